The molecule has 0 saturated carbocycles. The Morgan fingerprint density at radius 1 is 0.500 bits per heavy atom. The number of hydrogen-bond donors (Lipinski definition) is 0. The summed E-state index contributed by atoms with van der Waals surface area (Å²) in [6, 6.07) is 0. The lowest BCUT2D eigenvalue weighted by atomic mass is 10.5. The lowest BCUT2D eigenvalue weighted by molar-refractivity contribution is -0.734. The zero-order valence-electron chi connectivity index (χ0n) is 20.3. The van der Waals surface area contributed by atoms with Gasteiger partial charge in [0.15, 0.2) is 29.5 Å². The molecule has 0 spiro atoms. The van der Waals surface area contributed by atoms with Crippen molar-refractivity contribution in [3.05, 3.63) is 3.91 Å². The SMILES string of the molecule is CC1[N+](C)=CC=[N+]1C.CC1[N+](C)=CC=[N+]1C.O=S(=O)([C-](S(=O)(=O)C(F)(F)F)S(=O)(=O)C(F)(F)F)C(F)(F)F. The molecule has 0 aromatic heterocycles. The van der Waals surface area contributed by atoms with Crippen LogP contribution in [0.15, 0.2) is 0 Å². The Labute approximate surface area is 212 Å². The summed E-state index contributed by atoms with van der Waals surface area (Å²) in [5, 5.41) is 0. The summed E-state index contributed by atoms with van der Waals surface area (Å²) in [5.41, 5.74) is -21.2. The first kappa shape index (κ1) is 35.9. The summed E-state index contributed by atoms with van der Waals surface area (Å²) in [7, 11) is -15.8. The van der Waals surface area contributed by atoms with E-state index in [1.165, 1.54) is 0 Å². The van der Waals surface area contributed by atoms with Crippen molar-refractivity contribution in [3.8, 4) is 0 Å². The van der Waals surface area contributed by atoms with E-state index >= 15 is 0 Å². The van der Waals surface area contributed by atoms with Crippen LogP contribution in [0.1, 0.15) is 13.8 Å². The molecule has 0 amide bonds. The molecule has 2 aliphatic heterocycles. The number of halogens is 9. The van der Waals surface area contributed by atoms with Crippen molar-refractivity contribution in [2.45, 2.75) is 42.7 Å². The van der Waals surface area contributed by atoms with Crippen molar-refractivity contribution in [2.24, 2.45) is 0 Å². The normalized spacial score (nSPS) is 18.1. The van der Waals surface area contributed by atoms with Gasteiger partial charge in [-0.15, -0.1) is 0 Å². The van der Waals surface area contributed by atoms with Gasteiger partial charge in [-0.1, -0.05) is 0 Å². The zero-order valence-corrected chi connectivity index (χ0v) is 22.8. The third kappa shape index (κ3) is 7.73. The van der Waals surface area contributed by atoms with Crippen LogP contribution in [0, 0.1) is 3.91 Å². The van der Waals surface area contributed by atoms with Crippen molar-refractivity contribution >= 4 is 54.4 Å². The molecule has 0 atom stereocenters. The van der Waals surface area contributed by atoms with E-state index in [1.54, 1.807) is 0 Å². The fraction of sp³-hybridized carbons (Fsp3) is 0.688. The molecular weight excluding hydrogens is 611 g/mol. The van der Waals surface area contributed by atoms with Gasteiger partial charge in [0.1, 0.15) is 28.2 Å². The summed E-state index contributed by atoms with van der Waals surface area (Å²) >= 11 is 0. The summed E-state index contributed by atoms with van der Waals surface area (Å²) in [4.78, 5) is 0. The average molecular weight is 636 g/mol. The molecule has 38 heavy (non-hydrogen) atoms. The van der Waals surface area contributed by atoms with Crippen LogP contribution in [0.25, 0.3) is 0 Å². The fourth-order valence-electron chi connectivity index (χ4n) is 2.21. The molecule has 0 fully saturated rings. The first-order valence-electron chi connectivity index (χ1n) is 9.60. The molecule has 0 radical (unpaired) electrons. The van der Waals surface area contributed by atoms with Crippen molar-refractivity contribution < 1.29 is 83.1 Å². The van der Waals surface area contributed by atoms with Crippen LogP contribution in [-0.2, 0) is 29.5 Å². The van der Waals surface area contributed by atoms with Crippen LogP contribution in [0.4, 0.5) is 39.5 Å². The Kier molecular flexibility index (Phi) is 10.9. The van der Waals surface area contributed by atoms with Gasteiger partial charge in [-0.05, 0) is 0 Å². The molecule has 2 rings (SSSR count). The van der Waals surface area contributed by atoms with Crippen molar-refractivity contribution in [1.82, 2.24) is 0 Å². The van der Waals surface area contributed by atoms with Crippen LogP contribution in [0.5, 0.6) is 0 Å². The van der Waals surface area contributed by atoms with E-state index in [1.807, 2.05) is 0 Å². The molecule has 0 aliphatic carbocycles. The summed E-state index contributed by atoms with van der Waals surface area (Å²) < 4.78 is 176. The Morgan fingerprint density at radius 2 is 0.658 bits per heavy atom. The van der Waals surface area contributed by atoms with Crippen LogP contribution in [0.2, 0.25) is 0 Å². The van der Waals surface area contributed by atoms with Gasteiger partial charge in [0.25, 0.3) is 0 Å². The largest absolute Gasteiger partial charge is 0.470 e. The van der Waals surface area contributed by atoms with Gasteiger partial charge in [0.05, 0.1) is 17.8 Å². The summed E-state index contributed by atoms with van der Waals surface area (Å²) in [6.45, 7) is 4.33. The molecule has 0 saturated heterocycles. The molecule has 0 bridgehead atoms. The maximum absolute atomic E-state index is 12.0. The number of rotatable bonds is 3. The van der Waals surface area contributed by atoms with E-state index in [4.69, 9.17) is 0 Å². The van der Waals surface area contributed by atoms with E-state index in [2.05, 4.69) is 85.2 Å². The Balaban J connectivity index is 0.000000683. The van der Waals surface area contributed by atoms with Crippen LogP contribution in [-0.4, -0.2) is 125 Å². The highest BCUT2D eigenvalue weighted by molar-refractivity contribution is 8.29. The highest BCUT2D eigenvalue weighted by Crippen LogP contribution is 2.47. The summed E-state index contributed by atoms with van der Waals surface area (Å²) in [5.74, 6) is 0. The van der Waals surface area contributed by atoms with Gasteiger partial charge in [-0.3, -0.25) is 25.3 Å². The topological polar surface area (TPSA) is 114 Å². The van der Waals surface area contributed by atoms with Crippen LogP contribution < -0.4 is 0 Å². The number of sulfone groups is 3. The second-order valence-electron chi connectivity index (χ2n) is 7.62. The standard InChI is InChI=1S/2C6H12N2.C4F9O6S3/c2*1-6-7(2)4-5-8(6)3;5-2(6,7)20(14,15)1(21(16,17)3(8,9)10)22(18,19)4(11,12)13/h2*4-6H,1-3H3;/q2*+2;-1. The molecule has 22 heteroatoms. The second kappa shape index (κ2) is 11.6. The minimum Gasteiger partial charge on any atom is -0.251 e. The van der Waals surface area contributed by atoms with E-state index in [9.17, 15) is 64.8 Å². The predicted molar refractivity (Wildman–Crippen MR) is 116 cm³/mol. The van der Waals surface area contributed by atoms with Crippen LogP contribution in [0.3, 0.4) is 0 Å². The van der Waals surface area contributed by atoms with Crippen molar-refractivity contribution in [1.29, 1.82) is 0 Å². The number of nitrogens with zero attached hydrogens (tertiary/aromatic N) is 4. The number of hydrogen-bond acceptors (Lipinski definition) is 6. The lowest BCUT2D eigenvalue weighted by Gasteiger charge is -2.31. The van der Waals surface area contributed by atoms with Gasteiger partial charge < -0.3 is 0 Å². The molecular formula is C16H24F9N4O6S3+3. The summed E-state index contributed by atoms with van der Waals surface area (Å²) in [6.07, 6.45) is 9.37. The monoisotopic (exact) mass is 635 g/mol. The number of alkyl halides is 9. The van der Waals surface area contributed by atoms with Gasteiger partial charge in [0, 0.05) is 0 Å². The van der Waals surface area contributed by atoms with E-state index in [-0.39, 0.29) is 0 Å². The maximum atomic E-state index is 12.0. The fourth-order valence-corrected chi connectivity index (χ4v) is 7.94. The molecule has 2 aliphatic rings. The van der Waals surface area contributed by atoms with Gasteiger partial charge >= 0.3 is 28.9 Å². The van der Waals surface area contributed by atoms with Gasteiger partial charge in [-0.25, -0.2) is 0 Å². The van der Waals surface area contributed by atoms with Crippen molar-refractivity contribution in [2.75, 3.05) is 28.2 Å². The minimum absolute atomic E-state index is 0.537. The van der Waals surface area contributed by atoms with E-state index < -0.39 is 50.0 Å². The molecule has 0 aromatic rings. The average Bonchev–Trinajstić information content (AvgIpc) is 3.15. The van der Waals surface area contributed by atoms with E-state index in [0.29, 0.717) is 12.3 Å². The van der Waals surface area contributed by atoms with Crippen molar-refractivity contribution in [3.63, 3.8) is 0 Å². The second-order valence-corrected chi connectivity index (χ2v) is 14.0. The lowest BCUT2D eigenvalue weighted by Crippen LogP contribution is -2.47. The highest BCUT2D eigenvalue weighted by atomic mass is 32.3. The molecule has 0 N–H and O–H groups in total. The smallest absolute Gasteiger partial charge is 0.251 e. The molecule has 0 unspecified atom stereocenters. The third-order valence-electron chi connectivity index (χ3n) is 5.00. The Hall–Kier alpha value is -2.10. The highest BCUT2D eigenvalue weighted by Gasteiger charge is 2.63. The van der Waals surface area contributed by atoms with Gasteiger partial charge in [0.2, 0.25) is 24.9 Å². The predicted octanol–water partition coefficient (Wildman–Crippen LogP) is 0.782. The quantitative estimate of drug-likeness (QED) is 0.258. The third-order valence-corrected chi connectivity index (χ3v) is 12.1. The molecule has 0 aromatic carbocycles. The van der Waals surface area contributed by atoms with E-state index in [0.717, 1.165) is 0 Å². The zero-order chi connectivity index (χ0) is 30.9. The molecule has 2 heterocycles. The minimum atomic E-state index is -8.02. The maximum Gasteiger partial charge on any atom is 0.470 e. The molecule has 10 nitrogen and oxygen atoms in total. The first-order chi connectivity index (χ1) is 16.5. The first-order valence-corrected chi connectivity index (χ1v) is 14.1. The Bertz CT molecular complexity index is 1160. The van der Waals surface area contributed by atoms with Crippen LogP contribution >= 0.6 is 0 Å². The molecule has 222 valence electrons. The Morgan fingerprint density at radius 3 is 0.737 bits per heavy atom. The van der Waals surface area contributed by atoms with Gasteiger partial charge in [-0.2, -0.15) is 57.8 Å².